The first-order valence-electron chi connectivity index (χ1n) is 17.0. The lowest BCUT2D eigenvalue weighted by molar-refractivity contribution is -0.136. The number of allylic oxidation sites excluding steroid dienone is 1. The average molecular weight is 725 g/mol. The van der Waals surface area contributed by atoms with Crippen LogP contribution >= 0.6 is 11.6 Å². The van der Waals surface area contributed by atoms with Crippen molar-refractivity contribution in [2.75, 3.05) is 44.9 Å². The average Bonchev–Trinajstić information content (AvgIpc) is 3.17. The molecule has 13 heteroatoms. The molecule has 6 atom stereocenters. The molecule has 0 aromatic heterocycles. The van der Waals surface area contributed by atoms with E-state index in [2.05, 4.69) is 11.0 Å². The monoisotopic (exact) mass is 724 g/mol. The number of sulfonamides is 1. The lowest BCUT2D eigenvalue weighted by Gasteiger charge is -2.46. The van der Waals surface area contributed by atoms with E-state index in [9.17, 15) is 26.4 Å². The van der Waals surface area contributed by atoms with E-state index < -0.39 is 39.7 Å². The number of amides is 1. The molecule has 49 heavy (non-hydrogen) atoms. The molecule has 268 valence electrons. The van der Waals surface area contributed by atoms with Crippen molar-refractivity contribution < 1.29 is 40.6 Å². The fourth-order valence-electron chi connectivity index (χ4n) is 8.07. The fraction of sp³-hybridized carbons (Fsp3) is 0.583. The quantitative estimate of drug-likeness (QED) is 0.267. The molecule has 2 aliphatic carbocycles. The Hall–Kier alpha value is -2.80. The number of fused-ring (bicyclic) bond motifs is 4. The van der Waals surface area contributed by atoms with Crippen molar-refractivity contribution >= 4 is 33.2 Å². The van der Waals surface area contributed by atoms with Crippen LogP contribution in [0.3, 0.4) is 0 Å². The van der Waals surface area contributed by atoms with Gasteiger partial charge >= 0.3 is 6.18 Å². The number of rotatable bonds is 5. The maximum Gasteiger partial charge on any atom is 0.390 e. The van der Waals surface area contributed by atoms with Crippen LogP contribution in [0.1, 0.15) is 66.9 Å². The number of alkyl halides is 3. The molecule has 2 bridgehead atoms. The molecule has 2 aliphatic heterocycles. The molecule has 2 aromatic carbocycles. The smallest absolute Gasteiger partial charge is 0.390 e. The van der Waals surface area contributed by atoms with Gasteiger partial charge in [-0.15, -0.1) is 0 Å². The van der Waals surface area contributed by atoms with Crippen molar-refractivity contribution in [2.24, 2.45) is 17.8 Å². The summed E-state index contributed by atoms with van der Waals surface area (Å²) in [7, 11) is -3.14. The van der Waals surface area contributed by atoms with Gasteiger partial charge in [0.05, 0.1) is 43.3 Å². The third-order valence-corrected chi connectivity index (χ3v) is 12.9. The molecule has 1 fully saturated rings. The van der Waals surface area contributed by atoms with Crippen LogP contribution < -0.4 is 14.4 Å². The molecule has 1 saturated carbocycles. The summed E-state index contributed by atoms with van der Waals surface area (Å²) in [6.45, 7) is 3.84. The molecule has 1 amide bonds. The van der Waals surface area contributed by atoms with Gasteiger partial charge in [0.1, 0.15) is 5.75 Å². The van der Waals surface area contributed by atoms with Crippen molar-refractivity contribution in [3.63, 3.8) is 0 Å². The molecule has 8 nitrogen and oxygen atoms in total. The summed E-state index contributed by atoms with van der Waals surface area (Å²) >= 11 is 6.40. The number of ether oxygens (including phenoxy) is 3. The second-order valence-electron chi connectivity index (χ2n) is 14.1. The zero-order valence-corrected chi connectivity index (χ0v) is 29.4. The van der Waals surface area contributed by atoms with E-state index >= 15 is 0 Å². The highest BCUT2D eigenvalue weighted by Crippen LogP contribution is 2.47. The molecular formula is C36H44ClF3N2O6S. The highest BCUT2D eigenvalue weighted by atomic mass is 35.5. The molecule has 0 unspecified atom stereocenters. The molecule has 2 aromatic rings. The standard InChI is InChI=1S/C36H44ClF3N2O6S/c1-23-5-3-7-31(47-16-15-46-2)28-11-8-26(28)20-42-21-35(14-4-6-24-17-27(37)10-12-29(24)35)22-48-32-13-9-25(18-30(32)42)34(43)41-49(44,45)33(23)19-36(38,39)40/h3,7,9-10,12-13,17-18,23,26,28,31,33H,4-6,8,11,14-16,19-22H2,1-2H3,(H,41,43)/b7-3+/t23-,26-,28+,31-,33+,35-/m0/s1. The lowest BCUT2D eigenvalue weighted by atomic mass is 9.68. The molecule has 2 heterocycles. The number of nitrogens with one attached hydrogen (secondary N) is 1. The molecule has 0 radical (unpaired) electrons. The summed E-state index contributed by atoms with van der Waals surface area (Å²) in [6.07, 6.45) is 1.60. The van der Waals surface area contributed by atoms with E-state index in [-0.39, 0.29) is 35.3 Å². The highest BCUT2D eigenvalue weighted by molar-refractivity contribution is 7.90. The maximum absolute atomic E-state index is 13.7. The van der Waals surface area contributed by atoms with E-state index in [0.717, 1.165) is 32.1 Å². The van der Waals surface area contributed by atoms with Crippen LogP contribution in [0.15, 0.2) is 48.6 Å². The zero-order valence-electron chi connectivity index (χ0n) is 27.8. The van der Waals surface area contributed by atoms with Crippen LogP contribution in [-0.4, -0.2) is 71.9 Å². The molecule has 1 spiro atoms. The Kier molecular flexibility index (Phi) is 10.6. The number of carbonyl (C=O) groups is 1. The minimum Gasteiger partial charge on any atom is -0.490 e. The van der Waals surface area contributed by atoms with Gasteiger partial charge in [-0.1, -0.05) is 36.7 Å². The summed E-state index contributed by atoms with van der Waals surface area (Å²) in [4.78, 5) is 15.8. The van der Waals surface area contributed by atoms with E-state index in [1.165, 1.54) is 24.1 Å². The molecule has 1 N–H and O–H groups in total. The number of aryl methyl sites for hydroxylation is 1. The Morgan fingerprint density at radius 2 is 1.96 bits per heavy atom. The number of methoxy groups -OCH3 is 1. The van der Waals surface area contributed by atoms with Crippen LogP contribution in [0.5, 0.6) is 5.75 Å². The van der Waals surface area contributed by atoms with Crippen LogP contribution in [0.4, 0.5) is 18.9 Å². The van der Waals surface area contributed by atoms with E-state index in [0.29, 0.717) is 49.4 Å². The molecule has 6 rings (SSSR count). The molecular weight excluding hydrogens is 681 g/mol. The van der Waals surface area contributed by atoms with Gasteiger partial charge in [0.15, 0.2) is 0 Å². The number of halogens is 4. The van der Waals surface area contributed by atoms with E-state index in [4.69, 9.17) is 25.8 Å². The Morgan fingerprint density at radius 1 is 1.14 bits per heavy atom. The first-order valence-corrected chi connectivity index (χ1v) is 18.9. The van der Waals surface area contributed by atoms with E-state index in [1.54, 1.807) is 25.3 Å². The van der Waals surface area contributed by atoms with Crippen molar-refractivity contribution in [1.82, 2.24) is 4.72 Å². The number of benzene rings is 2. The predicted molar refractivity (Wildman–Crippen MR) is 182 cm³/mol. The van der Waals surface area contributed by atoms with Gasteiger partial charge in [-0.05, 0) is 97.7 Å². The number of anilines is 1. The zero-order chi connectivity index (χ0) is 35.0. The predicted octanol–water partition coefficient (Wildman–Crippen LogP) is 6.85. The van der Waals surface area contributed by atoms with Gasteiger partial charge in [0, 0.05) is 36.2 Å². The van der Waals surface area contributed by atoms with Crippen molar-refractivity contribution in [2.45, 2.75) is 74.8 Å². The molecule has 4 aliphatic rings. The lowest BCUT2D eigenvalue weighted by Crippen LogP contribution is -2.49. The second kappa shape index (κ2) is 14.4. The minimum absolute atomic E-state index is 0.0269. The van der Waals surface area contributed by atoms with Gasteiger partial charge in [0.2, 0.25) is 10.0 Å². The third-order valence-electron chi connectivity index (χ3n) is 10.8. The molecule has 0 saturated heterocycles. The van der Waals surface area contributed by atoms with Crippen LogP contribution in [0, 0.1) is 17.8 Å². The van der Waals surface area contributed by atoms with Crippen molar-refractivity contribution in [3.8, 4) is 5.75 Å². The summed E-state index contributed by atoms with van der Waals surface area (Å²) in [5.74, 6) is -1.01. The third kappa shape index (κ3) is 7.92. The summed E-state index contributed by atoms with van der Waals surface area (Å²) in [5.41, 5.74) is 2.69. The Morgan fingerprint density at radius 3 is 2.69 bits per heavy atom. The van der Waals surface area contributed by atoms with Crippen LogP contribution in [0.2, 0.25) is 5.02 Å². The summed E-state index contributed by atoms with van der Waals surface area (Å²) in [5, 5.41) is -1.19. The van der Waals surface area contributed by atoms with Crippen LogP contribution in [0.25, 0.3) is 0 Å². The first-order chi connectivity index (χ1) is 23.3. The Balaban J connectivity index is 1.42. The number of carbonyl (C=O) groups excluding carboxylic acids is 1. The SMILES string of the molecule is COCCO[C@H]1/C=C/C[C@H](C)[C@@H](CC(F)(F)F)S(=O)(=O)NC(=O)c2ccc3c(c2)N(C[C@@H]2CC[C@H]21)C[C@@]1(CCCc2cc(Cl)ccc21)CO3. The first kappa shape index (κ1) is 36.0. The van der Waals surface area contributed by atoms with Crippen molar-refractivity contribution in [1.29, 1.82) is 0 Å². The Bertz CT molecular complexity index is 1670. The van der Waals surface area contributed by atoms with Gasteiger partial charge in [-0.3, -0.25) is 4.79 Å². The normalized spacial score (nSPS) is 30.6. The van der Waals surface area contributed by atoms with Crippen molar-refractivity contribution in [3.05, 3.63) is 70.3 Å². The minimum atomic E-state index is -4.76. The van der Waals surface area contributed by atoms with Crippen LogP contribution in [-0.2, 0) is 31.3 Å². The van der Waals surface area contributed by atoms with E-state index in [1.807, 2.05) is 22.9 Å². The largest absolute Gasteiger partial charge is 0.490 e. The second-order valence-corrected chi connectivity index (χ2v) is 16.4. The number of hydrogen-bond donors (Lipinski definition) is 1. The van der Waals surface area contributed by atoms with Gasteiger partial charge in [-0.25, -0.2) is 13.1 Å². The van der Waals surface area contributed by atoms with Gasteiger partial charge in [-0.2, -0.15) is 13.2 Å². The summed E-state index contributed by atoms with van der Waals surface area (Å²) in [6, 6.07) is 10.8. The fourth-order valence-corrected chi connectivity index (χ4v) is 9.92. The topological polar surface area (TPSA) is 94.2 Å². The van der Waals surface area contributed by atoms with Gasteiger partial charge < -0.3 is 19.1 Å². The Labute approximate surface area is 291 Å². The number of hydrogen-bond acceptors (Lipinski definition) is 7. The van der Waals surface area contributed by atoms with Gasteiger partial charge in [0.25, 0.3) is 5.91 Å². The number of nitrogens with zero attached hydrogens (tertiary/aromatic N) is 1. The summed E-state index contributed by atoms with van der Waals surface area (Å²) < 4.78 is 88.2. The maximum atomic E-state index is 13.7. The highest BCUT2D eigenvalue weighted by Gasteiger charge is 2.45.